The zero-order valence-corrected chi connectivity index (χ0v) is 29.6. The molecule has 2 heteroatoms. The first-order chi connectivity index (χ1) is 23.8. The van der Waals surface area contributed by atoms with E-state index in [1.165, 1.54) is 70.4 Å². The van der Waals surface area contributed by atoms with Crippen LogP contribution < -0.4 is 4.90 Å². The largest absolute Gasteiger partial charge is 0.358 e. The Hall–Kier alpha value is -4.30. The molecule has 248 valence electrons. The van der Waals surface area contributed by atoms with Crippen LogP contribution in [0.4, 0.5) is 5.69 Å². The molecule has 3 aromatic rings. The molecule has 0 N–H and O–H groups in total. The Morgan fingerprint density at radius 3 is 2.39 bits per heavy atom. The van der Waals surface area contributed by atoms with E-state index in [1.54, 1.807) is 16.7 Å². The predicted molar refractivity (Wildman–Crippen MR) is 208 cm³/mol. The Kier molecular flexibility index (Phi) is 7.31. The van der Waals surface area contributed by atoms with Crippen LogP contribution in [-0.2, 0) is 6.42 Å². The molecule has 1 heterocycles. The van der Waals surface area contributed by atoms with Crippen LogP contribution in [0.25, 0.3) is 22.7 Å². The van der Waals surface area contributed by atoms with E-state index in [1.807, 2.05) is 0 Å². The van der Waals surface area contributed by atoms with E-state index < -0.39 is 0 Å². The van der Waals surface area contributed by atoms with Crippen LogP contribution in [0.1, 0.15) is 83.4 Å². The van der Waals surface area contributed by atoms with Gasteiger partial charge in [-0.05, 0) is 122 Å². The fourth-order valence-electron chi connectivity index (χ4n) is 10.4. The van der Waals surface area contributed by atoms with Crippen molar-refractivity contribution in [3.63, 3.8) is 0 Å². The molecule has 1 aromatic heterocycles. The summed E-state index contributed by atoms with van der Waals surface area (Å²) in [7, 11) is 0. The summed E-state index contributed by atoms with van der Waals surface area (Å²) in [6.07, 6.45) is 32.9. The van der Waals surface area contributed by atoms with E-state index in [0.29, 0.717) is 18.0 Å². The molecule has 0 amide bonds. The summed E-state index contributed by atoms with van der Waals surface area (Å²) in [5.74, 6) is 0.691. The minimum atomic E-state index is -0.0551. The molecule has 0 bridgehead atoms. The van der Waals surface area contributed by atoms with Crippen molar-refractivity contribution in [3.05, 3.63) is 149 Å². The number of allylic oxidation sites excluding steroid dienone is 10. The number of anilines is 1. The van der Waals surface area contributed by atoms with Gasteiger partial charge in [-0.15, -0.1) is 0 Å². The van der Waals surface area contributed by atoms with Crippen molar-refractivity contribution >= 4 is 28.4 Å². The topological polar surface area (TPSA) is 8.17 Å². The maximum Gasteiger partial charge on any atom is 0.0537 e. The number of nitrogens with zero attached hydrogens (tertiary/aromatic N) is 2. The fourth-order valence-corrected chi connectivity index (χ4v) is 10.4. The Morgan fingerprint density at radius 2 is 1.59 bits per heavy atom. The molecule has 2 fully saturated rings. The van der Waals surface area contributed by atoms with Crippen LogP contribution in [0.3, 0.4) is 0 Å². The van der Waals surface area contributed by atoms with Crippen LogP contribution in [-0.4, -0.2) is 16.7 Å². The summed E-state index contributed by atoms with van der Waals surface area (Å²) < 4.78 is 2.55. The number of aryl methyl sites for hydroxylation is 1. The molecule has 2 aromatic carbocycles. The monoisotopic (exact) mass is 642 g/mol. The summed E-state index contributed by atoms with van der Waals surface area (Å²) in [4.78, 5) is 2.72. The molecule has 0 aliphatic heterocycles. The van der Waals surface area contributed by atoms with Crippen LogP contribution >= 0.6 is 0 Å². The summed E-state index contributed by atoms with van der Waals surface area (Å²) in [5, 5.41) is 1.41. The molecule has 0 spiro atoms. The third-order valence-electron chi connectivity index (χ3n) is 12.9. The highest BCUT2D eigenvalue weighted by Gasteiger charge is 2.53. The molecule has 2 nitrogen and oxygen atoms in total. The van der Waals surface area contributed by atoms with Gasteiger partial charge in [-0.25, -0.2) is 0 Å². The van der Waals surface area contributed by atoms with Gasteiger partial charge in [0.15, 0.2) is 0 Å². The van der Waals surface area contributed by atoms with Crippen molar-refractivity contribution in [2.24, 2.45) is 16.7 Å². The lowest BCUT2D eigenvalue weighted by Gasteiger charge is -2.41. The van der Waals surface area contributed by atoms with Gasteiger partial charge in [0.05, 0.1) is 17.6 Å². The maximum absolute atomic E-state index is 4.25. The van der Waals surface area contributed by atoms with Crippen molar-refractivity contribution in [2.75, 3.05) is 4.90 Å². The van der Waals surface area contributed by atoms with E-state index >= 15 is 0 Å². The molecule has 3 atom stereocenters. The normalized spacial score (nSPS) is 27.4. The SMILES string of the molecule is C=C1CCC(C2=CCC(N(c3ccccc3)C3C=C4C(=CC3)C3(C)CC=C(n5c6c(c7ccccc75)CCC=C6)C=C3C4(C)C)C=C2)CC1. The van der Waals surface area contributed by atoms with Crippen LogP contribution in [0.15, 0.2) is 138 Å². The molecule has 6 aliphatic rings. The summed E-state index contributed by atoms with van der Waals surface area (Å²) in [5.41, 5.74) is 14.5. The van der Waals surface area contributed by atoms with Crippen molar-refractivity contribution in [2.45, 2.75) is 90.6 Å². The minimum absolute atomic E-state index is 0.0217. The van der Waals surface area contributed by atoms with Crippen LogP contribution in [0.5, 0.6) is 0 Å². The molecule has 2 saturated carbocycles. The van der Waals surface area contributed by atoms with E-state index in [2.05, 4.69) is 146 Å². The van der Waals surface area contributed by atoms with Gasteiger partial charge in [-0.2, -0.15) is 0 Å². The zero-order chi connectivity index (χ0) is 33.3. The smallest absolute Gasteiger partial charge is 0.0537 e. The van der Waals surface area contributed by atoms with Crippen molar-refractivity contribution in [1.82, 2.24) is 4.57 Å². The molecule has 6 aliphatic carbocycles. The van der Waals surface area contributed by atoms with Gasteiger partial charge in [0.1, 0.15) is 0 Å². The third kappa shape index (κ3) is 4.89. The van der Waals surface area contributed by atoms with E-state index in [4.69, 9.17) is 0 Å². The highest BCUT2D eigenvalue weighted by Crippen LogP contribution is 2.64. The lowest BCUT2D eigenvalue weighted by molar-refractivity contribution is 0.447. The first-order valence-corrected chi connectivity index (χ1v) is 18.9. The Balaban J connectivity index is 1.06. The fraction of sp³-hybridized carbons (Fsp3) is 0.362. The number of rotatable bonds is 5. The van der Waals surface area contributed by atoms with Crippen molar-refractivity contribution < 1.29 is 0 Å². The number of hydrogen-bond acceptors (Lipinski definition) is 1. The second-order valence-electron chi connectivity index (χ2n) is 16.1. The van der Waals surface area contributed by atoms with Gasteiger partial charge in [0.25, 0.3) is 0 Å². The van der Waals surface area contributed by atoms with Gasteiger partial charge in [-0.1, -0.05) is 112 Å². The summed E-state index contributed by atoms with van der Waals surface area (Å²) >= 11 is 0. The number of hydrogen-bond donors (Lipinski definition) is 0. The van der Waals surface area contributed by atoms with E-state index in [-0.39, 0.29) is 10.8 Å². The summed E-state index contributed by atoms with van der Waals surface area (Å²) in [6.45, 7) is 11.7. The number of aromatic nitrogens is 1. The molecule has 49 heavy (non-hydrogen) atoms. The predicted octanol–water partition coefficient (Wildman–Crippen LogP) is 12.0. The second kappa shape index (κ2) is 11.7. The molecular weight excluding hydrogens is 593 g/mol. The number of benzene rings is 2. The van der Waals surface area contributed by atoms with Crippen molar-refractivity contribution in [1.29, 1.82) is 0 Å². The quantitative estimate of drug-likeness (QED) is 0.251. The molecule has 0 radical (unpaired) electrons. The lowest BCUT2D eigenvalue weighted by atomic mass is 9.71. The lowest BCUT2D eigenvalue weighted by Crippen LogP contribution is -2.43. The maximum atomic E-state index is 4.25. The second-order valence-corrected chi connectivity index (χ2v) is 16.1. The first-order valence-electron chi connectivity index (χ1n) is 18.9. The highest BCUT2D eigenvalue weighted by atomic mass is 15.2. The zero-order valence-electron chi connectivity index (χ0n) is 29.6. The van der Waals surface area contributed by atoms with Gasteiger partial charge in [0, 0.05) is 33.3 Å². The van der Waals surface area contributed by atoms with E-state index in [0.717, 1.165) is 32.1 Å². The Morgan fingerprint density at radius 1 is 0.816 bits per heavy atom. The van der Waals surface area contributed by atoms with Crippen LogP contribution in [0.2, 0.25) is 0 Å². The molecular formula is C47H50N2. The Labute approximate surface area is 293 Å². The average molecular weight is 643 g/mol. The van der Waals surface area contributed by atoms with Gasteiger partial charge >= 0.3 is 0 Å². The molecule has 0 saturated heterocycles. The van der Waals surface area contributed by atoms with Crippen molar-refractivity contribution in [3.8, 4) is 0 Å². The van der Waals surface area contributed by atoms with Crippen LogP contribution in [0, 0.1) is 16.7 Å². The van der Waals surface area contributed by atoms with Gasteiger partial charge < -0.3 is 9.47 Å². The Bertz CT molecular complexity index is 2060. The first kappa shape index (κ1) is 30.7. The van der Waals surface area contributed by atoms with E-state index in [9.17, 15) is 0 Å². The van der Waals surface area contributed by atoms with Gasteiger partial charge in [0.2, 0.25) is 0 Å². The highest BCUT2D eigenvalue weighted by molar-refractivity contribution is 5.93. The molecule has 9 rings (SSSR count). The van der Waals surface area contributed by atoms with Gasteiger partial charge in [-0.3, -0.25) is 0 Å². The molecule has 3 unspecified atom stereocenters. The number of fused-ring (bicyclic) bond motifs is 6. The summed E-state index contributed by atoms with van der Waals surface area (Å²) in [6, 6.07) is 20.9. The minimum Gasteiger partial charge on any atom is -0.358 e. The average Bonchev–Trinajstić information content (AvgIpc) is 3.55. The third-order valence-corrected chi connectivity index (χ3v) is 12.9. The standard InChI is InChI=1S/C47H50N2/c1-32-18-20-33(21-19-32)34-22-24-36(25-23-34)48(35-12-6-5-7-13-35)37-26-27-41-42(30-37)46(2,3)45-31-38(28-29-47(41,45)4)49-43-16-10-8-14-39(43)40-15-9-11-17-44(40)49/h5-8,10-14,16-17,22-24,27-28,30-31,33,36-37H,1,9,15,18-21,25-26,29H2,2-4H3. The number of para-hydroxylation sites is 2.